The Balaban J connectivity index is 2.03. The number of rotatable bonds is 2. The van der Waals surface area contributed by atoms with Crippen LogP contribution in [0.1, 0.15) is 46.5 Å². The summed E-state index contributed by atoms with van der Waals surface area (Å²) in [4.78, 5) is 37.8. The van der Waals surface area contributed by atoms with E-state index < -0.39 is 29.7 Å². The number of nitrogens with zero attached hydrogens (tertiary/aromatic N) is 1. The average molecular weight is 312 g/mol. The Kier molecular flexibility index (Phi) is 4.63. The molecule has 2 aliphatic rings. The lowest BCUT2D eigenvalue weighted by molar-refractivity contribution is -0.154. The average Bonchev–Trinajstić information content (AvgIpc) is 2.83. The zero-order valence-electron chi connectivity index (χ0n) is 13.5. The maximum atomic E-state index is 12.6. The molecule has 2 fully saturated rings. The summed E-state index contributed by atoms with van der Waals surface area (Å²) in [5.41, 5.74) is -0.619. The highest BCUT2D eigenvalue weighted by Crippen LogP contribution is 2.33. The monoisotopic (exact) mass is 312 g/mol. The third kappa shape index (κ3) is 3.51. The Labute approximate surface area is 130 Å². The van der Waals surface area contributed by atoms with E-state index >= 15 is 0 Å². The van der Waals surface area contributed by atoms with Gasteiger partial charge in [0.25, 0.3) is 0 Å². The Morgan fingerprint density at radius 1 is 1.18 bits per heavy atom. The quantitative estimate of drug-likeness (QED) is 0.775. The van der Waals surface area contributed by atoms with Crippen LogP contribution in [0.15, 0.2) is 0 Å². The molecule has 2 rings (SSSR count). The molecule has 2 aliphatic heterocycles. The van der Waals surface area contributed by atoms with Crippen molar-refractivity contribution in [1.82, 2.24) is 10.2 Å². The van der Waals surface area contributed by atoms with Gasteiger partial charge in [0, 0.05) is 6.04 Å². The van der Waals surface area contributed by atoms with Crippen LogP contribution in [0, 0.1) is 0 Å². The highest BCUT2D eigenvalue weighted by atomic mass is 16.6. The van der Waals surface area contributed by atoms with E-state index in [2.05, 4.69) is 5.32 Å². The molecule has 1 N–H and O–H groups in total. The lowest BCUT2D eigenvalue weighted by atomic mass is 9.98. The first-order valence-corrected chi connectivity index (χ1v) is 7.62. The molecule has 0 aromatic carbocycles. The number of nitrogens with one attached hydrogen (secondary N) is 1. The zero-order valence-corrected chi connectivity index (χ0v) is 13.5. The highest BCUT2D eigenvalue weighted by molar-refractivity contribution is 5.91. The van der Waals surface area contributed by atoms with Crippen molar-refractivity contribution in [3.8, 4) is 0 Å². The van der Waals surface area contributed by atoms with Gasteiger partial charge in [-0.05, 0) is 46.5 Å². The van der Waals surface area contributed by atoms with Gasteiger partial charge in [0.1, 0.15) is 17.7 Å². The van der Waals surface area contributed by atoms with E-state index in [1.54, 1.807) is 25.7 Å². The predicted octanol–water partition coefficient (Wildman–Crippen LogP) is 1.21. The number of hydrogen-bond acceptors (Lipinski definition) is 5. The Morgan fingerprint density at radius 3 is 2.41 bits per heavy atom. The van der Waals surface area contributed by atoms with Gasteiger partial charge in [-0.2, -0.15) is 0 Å². The highest BCUT2D eigenvalue weighted by Gasteiger charge is 2.47. The number of amides is 2. The van der Waals surface area contributed by atoms with Crippen LogP contribution < -0.4 is 5.32 Å². The number of alkyl carbamates (subject to hydrolysis) is 1. The third-order valence-electron chi connectivity index (χ3n) is 4.01. The van der Waals surface area contributed by atoms with E-state index in [1.165, 1.54) is 7.11 Å². The number of carbonyl (C=O) groups is 3. The van der Waals surface area contributed by atoms with Crippen LogP contribution in [-0.4, -0.2) is 53.7 Å². The predicted molar refractivity (Wildman–Crippen MR) is 78.1 cm³/mol. The fourth-order valence-electron chi connectivity index (χ4n) is 3.11. The number of piperidine rings is 1. The summed E-state index contributed by atoms with van der Waals surface area (Å²) in [6.45, 7) is 5.29. The van der Waals surface area contributed by atoms with Crippen molar-refractivity contribution >= 4 is 18.0 Å². The number of methoxy groups -OCH3 is 1. The smallest absolute Gasteiger partial charge is 0.408 e. The third-order valence-corrected chi connectivity index (χ3v) is 4.01. The van der Waals surface area contributed by atoms with Crippen LogP contribution in [-0.2, 0) is 19.1 Å². The van der Waals surface area contributed by atoms with Crippen LogP contribution in [0.3, 0.4) is 0 Å². The van der Waals surface area contributed by atoms with Gasteiger partial charge in [0.2, 0.25) is 5.91 Å². The molecule has 22 heavy (non-hydrogen) atoms. The zero-order chi connectivity index (χ0) is 16.5. The summed E-state index contributed by atoms with van der Waals surface area (Å²) in [5.74, 6) is -0.622. The minimum atomic E-state index is -0.642. The molecule has 124 valence electrons. The second-order valence-corrected chi connectivity index (χ2v) is 6.79. The second-order valence-electron chi connectivity index (χ2n) is 6.79. The van der Waals surface area contributed by atoms with Gasteiger partial charge in [0.15, 0.2) is 0 Å². The summed E-state index contributed by atoms with van der Waals surface area (Å²) in [7, 11) is 1.32. The summed E-state index contributed by atoms with van der Waals surface area (Å²) in [6, 6.07) is -1.12. The normalized spacial score (nSPS) is 28.1. The number of hydrogen-bond donors (Lipinski definition) is 1. The minimum Gasteiger partial charge on any atom is -0.467 e. The molecule has 1 unspecified atom stereocenters. The molecule has 3 atom stereocenters. The summed E-state index contributed by atoms with van der Waals surface area (Å²) >= 11 is 0. The minimum absolute atomic E-state index is 0.0632. The first-order valence-electron chi connectivity index (χ1n) is 7.62. The van der Waals surface area contributed by atoms with Crippen molar-refractivity contribution in [1.29, 1.82) is 0 Å². The van der Waals surface area contributed by atoms with Crippen molar-refractivity contribution < 1.29 is 23.9 Å². The van der Waals surface area contributed by atoms with Gasteiger partial charge in [-0.15, -0.1) is 0 Å². The summed E-state index contributed by atoms with van der Waals surface area (Å²) < 4.78 is 9.95. The number of fused-ring (bicyclic) bond motifs is 1. The van der Waals surface area contributed by atoms with Gasteiger partial charge >= 0.3 is 12.1 Å². The standard InChI is InChI=1S/C15H24N2O5/c1-15(2,3)22-14(20)16-10-7-5-9-6-8-11(13(19)21-4)17(9)12(10)18/h9-11H,5-8H2,1-4H3,(H,16,20)/t9?,10-,11-/m0/s1. The first-order chi connectivity index (χ1) is 10.2. The van der Waals surface area contributed by atoms with Crippen LogP contribution in [0.25, 0.3) is 0 Å². The van der Waals surface area contributed by atoms with Gasteiger partial charge in [-0.25, -0.2) is 9.59 Å². The van der Waals surface area contributed by atoms with Crippen LogP contribution in [0.4, 0.5) is 4.79 Å². The molecule has 2 saturated heterocycles. The Hall–Kier alpha value is -1.79. The molecule has 0 spiro atoms. The topological polar surface area (TPSA) is 84.9 Å². The lowest BCUT2D eigenvalue weighted by Crippen LogP contribution is -2.58. The van der Waals surface area contributed by atoms with Gasteiger partial charge in [-0.1, -0.05) is 0 Å². The summed E-state index contributed by atoms with van der Waals surface area (Å²) in [6.07, 6.45) is 2.12. The summed E-state index contributed by atoms with van der Waals surface area (Å²) in [5, 5.41) is 2.61. The van der Waals surface area contributed by atoms with Crippen molar-refractivity contribution in [2.45, 2.75) is 70.2 Å². The molecular weight excluding hydrogens is 288 g/mol. The number of ether oxygens (including phenoxy) is 2. The molecule has 0 radical (unpaired) electrons. The molecule has 7 heteroatoms. The molecule has 0 saturated carbocycles. The second kappa shape index (κ2) is 6.14. The van der Waals surface area contributed by atoms with E-state index in [9.17, 15) is 14.4 Å². The van der Waals surface area contributed by atoms with Gasteiger partial charge < -0.3 is 19.7 Å². The first kappa shape index (κ1) is 16.6. The molecular formula is C15H24N2O5. The molecule has 7 nitrogen and oxygen atoms in total. The van der Waals surface area contributed by atoms with Crippen LogP contribution >= 0.6 is 0 Å². The van der Waals surface area contributed by atoms with Gasteiger partial charge in [-0.3, -0.25) is 4.79 Å². The van der Waals surface area contributed by atoms with E-state index in [0.29, 0.717) is 12.8 Å². The van der Waals surface area contributed by atoms with Crippen LogP contribution in [0.5, 0.6) is 0 Å². The Bertz CT molecular complexity index is 471. The maximum absolute atomic E-state index is 12.6. The van der Waals surface area contributed by atoms with Crippen molar-refractivity contribution in [2.75, 3.05) is 7.11 Å². The lowest BCUT2D eigenvalue weighted by Gasteiger charge is -2.37. The molecule has 2 heterocycles. The number of carbonyl (C=O) groups excluding carboxylic acids is 3. The van der Waals surface area contributed by atoms with E-state index in [0.717, 1.165) is 12.8 Å². The fraction of sp³-hybridized carbons (Fsp3) is 0.800. The molecule has 0 aromatic rings. The van der Waals surface area contributed by atoms with Crippen LogP contribution in [0.2, 0.25) is 0 Å². The number of esters is 1. The van der Waals surface area contributed by atoms with Crippen molar-refractivity contribution in [3.63, 3.8) is 0 Å². The Morgan fingerprint density at radius 2 is 1.82 bits per heavy atom. The largest absolute Gasteiger partial charge is 0.467 e. The molecule has 0 aromatic heterocycles. The SMILES string of the molecule is COC(=O)[C@@H]1CCC2CC[C@H](NC(=O)OC(C)(C)C)C(=O)N21. The maximum Gasteiger partial charge on any atom is 0.408 e. The van der Waals surface area contributed by atoms with Gasteiger partial charge in [0.05, 0.1) is 7.11 Å². The van der Waals surface area contributed by atoms with E-state index in [4.69, 9.17) is 9.47 Å². The van der Waals surface area contributed by atoms with Crippen molar-refractivity contribution in [2.24, 2.45) is 0 Å². The molecule has 2 amide bonds. The van der Waals surface area contributed by atoms with E-state index in [-0.39, 0.29) is 11.9 Å². The fourth-order valence-corrected chi connectivity index (χ4v) is 3.11. The molecule has 0 bridgehead atoms. The van der Waals surface area contributed by atoms with E-state index in [1.807, 2.05) is 0 Å². The van der Waals surface area contributed by atoms with Crippen molar-refractivity contribution in [3.05, 3.63) is 0 Å². The molecule has 0 aliphatic carbocycles.